The molecule has 0 fully saturated rings. The summed E-state index contributed by atoms with van der Waals surface area (Å²) in [6, 6.07) is 5.44. The fraction of sp³-hybridized carbons (Fsp3) is 0.400. The summed E-state index contributed by atoms with van der Waals surface area (Å²) in [5.74, 6) is 0. The molecule has 1 amide bonds. The molecule has 0 aliphatic carbocycles. The maximum Gasteiger partial charge on any atom is 0.412 e. The zero-order valence-electron chi connectivity index (χ0n) is 12.1. The first-order valence-corrected chi connectivity index (χ1v) is 6.88. The van der Waals surface area contributed by atoms with E-state index in [1.54, 1.807) is 12.1 Å². The molecule has 6 nitrogen and oxygen atoms in total. The summed E-state index contributed by atoms with van der Waals surface area (Å²) < 4.78 is 0. The van der Waals surface area contributed by atoms with E-state index >= 15 is 0 Å². The monoisotopic (exact) mass is 292 g/mol. The molecule has 0 saturated heterocycles. The van der Waals surface area contributed by atoms with Crippen molar-refractivity contribution >= 4 is 17.5 Å². The van der Waals surface area contributed by atoms with Crippen LogP contribution in [-0.4, -0.2) is 22.2 Å². The molecular formula is C15H20N2O4. The Hall–Kier alpha value is -2.37. The Labute approximate surface area is 123 Å². The summed E-state index contributed by atoms with van der Waals surface area (Å²) in [7, 11) is 0. The molecule has 1 unspecified atom stereocenters. The highest BCUT2D eigenvalue weighted by atomic mass is 16.6. The second-order valence-electron chi connectivity index (χ2n) is 4.75. The van der Waals surface area contributed by atoms with E-state index in [1.807, 2.05) is 6.92 Å². The van der Waals surface area contributed by atoms with Crippen LogP contribution in [0.5, 0.6) is 0 Å². The molecule has 0 aromatic heterocycles. The molecule has 1 aromatic rings. The number of carbonyl (C=O) groups is 1. The topological polar surface area (TPSA) is 83.7 Å². The number of nitrogens with zero attached hydrogens (tertiary/aromatic N) is 2. The lowest BCUT2D eigenvalue weighted by atomic mass is 10.0. The highest BCUT2D eigenvalue weighted by Crippen LogP contribution is 2.26. The van der Waals surface area contributed by atoms with Gasteiger partial charge in [0, 0.05) is 18.2 Å². The lowest BCUT2D eigenvalue weighted by Gasteiger charge is -2.28. The van der Waals surface area contributed by atoms with Gasteiger partial charge in [0.05, 0.1) is 10.6 Å². The second-order valence-corrected chi connectivity index (χ2v) is 4.75. The highest BCUT2D eigenvalue weighted by Gasteiger charge is 2.25. The Morgan fingerprint density at radius 2 is 2.29 bits per heavy atom. The summed E-state index contributed by atoms with van der Waals surface area (Å²) in [6.45, 7) is 5.69. The molecule has 1 N–H and O–H groups in total. The maximum atomic E-state index is 11.6. The van der Waals surface area contributed by atoms with Crippen molar-refractivity contribution in [3.63, 3.8) is 0 Å². The Kier molecular flexibility index (Phi) is 6.39. The third-order valence-corrected chi connectivity index (χ3v) is 3.22. The number of hydrogen-bond donors (Lipinski definition) is 1. The number of carboxylic acid groups (broad SMARTS) is 1. The zero-order valence-corrected chi connectivity index (χ0v) is 12.1. The van der Waals surface area contributed by atoms with Crippen LogP contribution in [0.15, 0.2) is 36.9 Å². The van der Waals surface area contributed by atoms with Gasteiger partial charge in [-0.05, 0) is 18.9 Å². The Morgan fingerprint density at radius 3 is 2.81 bits per heavy atom. The first kappa shape index (κ1) is 16.7. The average molecular weight is 292 g/mol. The molecule has 0 spiro atoms. The fourth-order valence-corrected chi connectivity index (χ4v) is 2.22. The summed E-state index contributed by atoms with van der Waals surface area (Å²) in [5, 5.41) is 20.3. The lowest BCUT2D eigenvalue weighted by Crippen LogP contribution is -2.39. The smallest absolute Gasteiger partial charge is 0.412 e. The summed E-state index contributed by atoms with van der Waals surface area (Å²) in [4.78, 5) is 23.1. The number of nitro groups is 1. The predicted octanol–water partition coefficient (Wildman–Crippen LogP) is 4.21. The quantitative estimate of drug-likeness (QED) is 0.442. The SMILES string of the molecule is C=CCC(CCCC)N(C(=O)O)c1cccc([N+](=O)[O-])c1. The van der Waals surface area contributed by atoms with Crippen LogP contribution in [0, 0.1) is 10.1 Å². The van der Waals surface area contributed by atoms with Crippen molar-refractivity contribution in [2.45, 2.75) is 38.6 Å². The minimum atomic E-state index is -1.11. The van der Waals surface area contributed by atoms with Gasteiger partial charge in [-0.3, -0.25) is 15.0 Å². The Morgan fingerprint density at radius 1 is 1.57 bits per heavy atom. The molecule has 1 aromatic carbocycles. The summed E-state index contributed by atoms with van der Waals surface area (Å²) in [5.41, 5.74) is 0.200. The predicted molar refractivity (Wildman–Crippen MR) is 81.7 cm³/mol. The van der Waals surface area contributed by atoms with Crippen LogP contribution in [0.4, 0.5) is 16.2 Å². The number of unbranched alkanes of at least 4 members (excludes halogenated alkanes) is 1. The molecule has 1 atom stereocenters. The number of anilines is 1. The number of benzene rings is 1. The highest BCUT2D eigenvalue weighted by molar-refractivity contribution is 5.87. The van der Waals surface area contributed by atoms with Crippen LogP contribution in [0.3, 0.4) is 0 Å². The van der Waals surface area contributed by atoms with Gasteiger partial charge in [-0.1, -0.05) is 31.9 Å². The molecule has 0 aliphatic heterocycles. The number of hydrogen-bond acceptors (Lipinski definition) is 3. The van der Waals surface area contributed by atoms with Gasteiger partial charge in [-0.25, -0.2) is 4.79 Å². The lowest BCUT2D eigenvalue weighted by molar-refractivity contribution is -0.384. The molecule has 114 valence electrons. The summed E-state index contributed by atoms with van der Waals surface area (Å²) >= 11 is 0. The Bertz CT molecular complexity index is 516. The van der Waals surface area contributed by atoms with Crippen molar-refractivity contribution in [3.05, 3.63) is 47.0 Å². The van der Waals surface area contributed by atoms with Crippen molar-refractivity contribution in [3.8, 4) is 0 Å². The van der Waals surface area contributed by atoms with Gasteiger partial charge >= 0.3 is 6.09 Å². The van der Waals surface area contributed by atoms with Crippen LogP contribution < -0.4 is 4.90 Å². The van der Waals surface area contributed by atoms with E-state index in [1.165, 1.54) is 23.1 Å². The average Bonchev–Trinajstić information content (AvgIpc) is 2.45. The molecule has 6 heteroatoms. The standard InChI is InChI=1S/C15H20N2O4/c1-3-5-8-12(7-4-2)16(15(18)19)13-9-6-10-14(11-13)17(20)21/h4,6,9-12H,2-3,5,7-8H2,1H3,(H,18,19). The molecule has 0 radical (unpaired) electrons. The third-order valence-electron chi connectivity index (χ3n) is 3.22. The molecule has 0 aliphatic rings. The van der Waals surface area contributed by atoms with Crippen LogP contribution in [0.2, 0.25) is 0 Å². The third kappa shape index (κ3) is 4.59. The minimum absolute atomic E-state index is 0.119. The maximum absolute atomic E-state index is 11.6. The van der Waals surface area contributed by atoms with Gasteiger partial charge in [-0.15, -0.1) is 6.58 Å². The molecule has 21 heavy (non-hydrogen) atoms. The molecule has 0 bridgehead atoms. The van der Waals surface area contributed by atoms with Gasteiger partial charge in [0.1, 0.15) is 0 Å². The van der Waals surface area contributed by atoms with Crippen LogP contribution >= 0.6 is 0 Å². The van der Waals surface area contributed by atoms with Gasteiger partial charge in [0.15, 0.2) is 0 Å². The van der Waals surface area contributed by atoms with E-state index < -0.39 is 11.0 Å². The fourth-order valence-electron chi connectivity index (χ4n) is 2.22. The summed E-state index contributed by atoms with van der Waals surface area (Å²) in [6.07, 6.45) is 3.60. The Balaban J connectivity index is 3.13. The van der Waals surface area contributed by atoms with Gasteiger partial charge < -0.3 is 5.11 Å². The first-order valence-electron chi connectivity index (χ1n) is 6.88. The molecule has 0 heterocycles. The number of amides is 1. The van der Waals surface area contributed by atoms with Crippen molar-refractivity contribution in [2.75, 3.05) is 4.90 Å². The van der Waals surface area contributed by atoms with E-state index in [9.17, 15) is 20.0 Å². The van der Waals surface area contributed by atoms with Crippen molar-refractivity contribution in [2.24, 2.45) is 0 Å². The number of nitro benzene ring substituents is 1. The van der Waals surface area contributed by atoms with E-state index in [4.69, 9.17) is 0 Å². The first-order chi connectivity index (χ1) is 10.0. The second kappa shape index (κ2) is 8.04. The van der Waals surface area contributed by atoms with E-state index in [0.717, 1.165) is 12.8 Å². The largest absolute Gasteiger partial charge is 0.465 e. The normalized spacial score (nSPS) is 11.7. The van der Waals surface area contributed by atoms with E-state index in [2.05, 4.69) is 6.58 Å². The minimum Gasteiger partial charge on any atom is -0.465 e. The zero-order chi connectivity index (χ0) is 15.8. The van der Waals surface area contributed by atoms with Gasteiger partial charge in [0.2, 0.25) is 0 Å². The van der Waals surface area contributed by atoms with Crippen LogP contribution in [0.25, 0.3) is 0 Å². The van der Waals surface area contributed by atoms with Crippen LogP contribution in [-0.2, 0) is 0 Å². The molecule has 1 rings (SSSR count). The van der Waals surface area contributed by atoms with Crippen molar-refractivity contribution < 1.29 is 14.8 Å². The van der Waals surface area contributed by atoms with Crippen molar-refractivity contribution in [1.82, 2.24) is 0 Å². The van der Waals surface area contributed by atoms with Gasteiger partial charge in [-0.2, -0.15) is 0 Å². The molecule has 0 saturated carbocycles. The van der Waals surface area contributed by atoms with Gasteiger partial charge in [0.25, 0.3) is 5.69 Å². The molecular weight excluding hydrogens is 272 g/mol. The number of non-ortho nitro benzene ring substituents is 1. The number of rotatable bonds is 8. The van der Waals surface area contributed by atoms with E-state index in [-0.39, 0.29) is 11.7 Å². The van der Waals surface area contributed by atoms with Crippen LogP contribution in [0.1, 0.15) is 32.6 Å². The van der Waals surface area contributed by atoms with E-state index in [0.29, 0.717) is 18.5 Å². The van der Waals surface area contributed by atoms with Crippen molar-refractivity contribution in [1.29, 1.82) is 0 Å².